The van der Waals surface area contributed by atoms with E-state index in [9.17, 15) is 9.18 Å². The largest absolute Gasteiger partial charge is 0.488 e. The van der Waals surface area contributed by atoms with Gasteiger partial charge in [0.05, 0.1) is 10.6 Å². The summed E-state index contributed by atoms with van der Waals surface area (Å²) in [7, 11) is 0. The van der Waals surface area contributed by atoms with Gasteiger partial charge in [0, 0.05) is 18.7 Å². The van der Waals surface area contributed by atoms with E-state index >= 15 is 0 Å². The van der Waals surface area contributed by atoms with Crippen LogP contribution in [0.1, 0.15) is 35.2 Å². The summed E-state index contributed by atoms with van der Waals surface area (Å²) >= 11 is 6.02. The Balaban J connectivity index is 1.78. The highest BCUT2D eigenvalue weighted by atomic mass is 35.5. The molecule has 1 aliphatic heterocycles. The molecule has 126 valence electrons. The van der Waals surface area contributed by atoms with Crippen LogP contribution in [0.3, 0.4) is 0 Å². The molecule has 1 saturated heterocycles. The molecule has 1 aliphatic rings. The van der Waals surface area contributed by atoms with E-state index < -0.39 is 5.82 Å². The van der Waals surface area contributed by atoms with Gasteiger partial charge < -0.3 is 9.64 Å². The second kappa shape index (κ2) is 7.67. The summed E-state index contributed by atoms with van der Waals surface area (Å²) < 4.78 is 19.6. The predicted molar refractivity (Wildman–Crippen MR) is 91.9 cm³/mol. The number of piperidine rings is 1. The molecule has 1 fully saturated rings. The molecule has 2 aromatic rings. The third kappa shape index (κ3) is 3.70. The molecule has 0 unspecified atom stereocenters. The van der Waals surface area contributed by atoms with Crippen LogP contribution < -0.4 is 4.74 Å². The van der Waals surface area contributed by atoms with E-state index in [0.29, 0.717) is 21.9 Å². The van der Waals surface area contributed by atoms with E-state index in [0.717, 1.165) is 32.4 Å². The smallest absolute Gasteiger partial charge is 0.257 e. The van der Waals surface area contributed by atoms with Crippen molar-refractivity contribution in [2.45, 2.75) is 25.9 Å². The van der Waals surface area contributed by atoms with Crippen LogP contribution in [0.5, 0.6) is 5.75 Å². The number of halogens is 2. The molecule has 1 heterocycles. The highest BCUT2D eigenvalue weighted by Crippen LogP contribution is 2.25. The Morgan fingerprint density at radius 1 is 1.08 bits per heavy atom. The van der Waals surface area contributed by atoms with Gasteiger partial charge in [-0.15, -0.1) is 0 Å². The van der Waals surface area contributed by atoms with Gasteiger partial charge >= 0.3 is 0 Å². The summed E-state index contributed by atoms with van der Waals surface area (Å²) in [6, 6.07) is 11.6. The van der Waals surface area contributed by atoms with Gasteiger partial charge in [0.2, 0.25) is 0 Å². The molecule has 3 rings (SSSR count). The van der Waals surface area contributed by atoms with Crippen molar-refractivity contribution in [2.75, 3.05) is 13.1 Å². The minimum Gasteiger partial charge on any atom is -0.488 e. The van der Waals surface area contributed by atoms with Crippen LogP contribution in [0, 0.1) is 5.82 Å². The highest BCUT2D eigenvalue weighted by molar-refractivity contribution is 6.31. The summed E-state index contributed by atoms with van der Waals surface area (Å²) in [6.45, 7) is 1.52. The Kier molecular flexibility index (Phi) is 5.36. The molecular weight excluding hydrogens is 329 g/mol. The number of benzene rings is 2. The second-order valence-electron chi connectivity index (χ2n) is 5.84. The first-order valence-corrected chi connectivity index (χ1v) is 8.48. The lowest BCUT2D eigenvalue weighted by atomic mass is 10.1. The molecular formula is C19H19ClFNO2. The van der Waals surface area contributed by atoms with Crippen LogP contribution in [0.2, 0.25) is 5.02 Å². The van der Waals surface area contributed by atoms with E-state index in [4.69, 9.17) is 16.3 Å². The molecule has 0 atom stereocenters. The number of carbonyl (C=O) groups excluding carboxylic acids is 1. The van der Waals surface area contributed by atoms with E-state index in [1.807, 2.05) is 4.90 Å². The monoisotopic (exact) mass is 347 g/mol. The molecule has 0 aromatic heterocycles. The zero-order valence-corrected chi connectivity index (χ0v) is 14.1. The van der Waals surface area contributed by atoms with Gasteiger partial charge in [-0.1, -0.05) is 29.8 Å². The lowest BCUT2D eigenvalue weighted by Crippen LogP contribution is -2.35. The Morgan fingerprint density at radius 3 is 2.58 bits per heavy atom. The zero-order chi connectivity index (χ0) is 16.9. The average molecular weight is 348 g/mol. The zero-order valence-electron chi connectivity index (χ0n) is 13.3. The van der Waals surface area contributed by atoms with Crippen LogP contribution in [0.25, 0.3) is 0 Å². The maximum absolute atomic E-state index is 13.9. The van der Waals surface area contributed by atoms with Crippen LogP contribution in [-0.4, -0.2) is 23.9 Å². The van der Waals surface area contributed by atoms with Crippen molar-refractivity contribution in [2.24, 2.45) is 0 Å². The maximum Gasteiger partial charge on any atom is 0.257 e. The summed E-state index contributed by atoms with van der Waals surface area (Å²) in [5.41, 5.74) is 0.797. The SMILES string of the molecule is O=C(c1ccccc1OCc1c(F)cccc1Cl)N1CCCCC1. The van der Waals surface area contributed by atoms with Gasteiger partial charge in [-0.05, 0) is 43.5 Å². The highest BCUT2D eigenvalue weighted by Gasteiger charge is 2.21. The Hall–Kier alpha value is -2.07. The Morgan fingerprint density at radius 2 is 1.83 bits per heavy atom. The molecule has 5 heteroatoms. The van der Waals surface area contributed by atoms with Gasteiger partial charge in [-0.25, -0.2) is 4.39 Å². The number of hydrogen-bond donors (Lipinski definition) is 0. The lowest BCUT2D eigenvalue weighted by molar-refractivity contribution is 0.0719. The number of nitrogens with zero attached hydrogens (tertiary/aromatic N) is 1. The maximum atomic E-state index is 13.9. The average Bonchev–Trinajstić information content (AvgIpc) is 2.62. The van der Waals surface area contributed by atoms with E-state index in [1.165, 1.54) is 6.07 Å². The van der Waals surface area contributed by atoms with Gasteiger partial charge in [-0.3, -0.25) is 4.79 Å². The van der Waals surface area contributed by atoms with E-state index in [-0.39, 0.29) is 12.5 Å². The second-order valence-corrected chi connectivity index (χ2v) is 6.25. The van der Waals surface area contributed by atoms with Crippen molar-refractivity contribution >= 4 is 17.5 Å². The fourth-order valence-corrected chi connectivity index (χ4v) is 3.07. The Labute approximate surface area is 146 Å². The molecule has 0 saturated carbocycles. The number of hydrogen-bond acceptors (Lipinski definition) is 2. The lowest BCUT2D eigenvalue weighted by Gasteiger charge is -2.27. The number of likely N-dealkylation sites (tertiary alicyclic amines) is 1. The number of carbonyl (C=O) groups is 1. The van der Waals surface area contributed by atoms with Crippen molar-refractivity contribution in [3.63, 3.8) is 0 Å². The Bertz CT molecular complexity index is 709. The topological polar surface area (TPSA) is 29.5 Å². The number of amides is 1. The summed E-state index contributed by atoms with van der Waals surface area (Å²) in [6.07, 6.45) is 3.22. The fraction of sp³-hybridized carbons (Fsp3) is 0.316. The standard InChI is InChI=1S/C19H19ClFNO2/c20-16-8-6-9-17(21)15(16)13-24-18-10-3-2-7-14(18)19(23)22-11-4-1-5-12-22/h2-3,6-10H,1,4-5,11-13H2. The first-order valence-electron chi connectivity index (χ1n) is 8.11. The molecule has 0 bridgehead atoms. The van der Waals surface area contributed by atoms with Gasteiger partial charge in [0.25, 0.3) is 5.91 Å². The van der Waals surface area contributed by atoms with Crippen LogP contribution in [0.4, 0.5) is 4.39 Å². The normalized spacial score (nSPS) is 14.5. The van der Waals surface area contributed by atoms with Crippen molar-refractivity contribution in [3.8, 4) is 5.75 Å². The van der Waals surface area contributed by atoms with Gasteiger partial charge in [0.15, 0.2) is 0 Å². The third-order valence-corrected chi connectivity index (χ3v) is 4.55. The molecule has 3 nitrogen and oxygen atoms in total. The predicted octanol–water partition coefficient (Wildman–Crippen LogP) is 4.68. The van der Waals surface area contributed by atoms with Crippen LogP contribution in [0.15, 0.2) is 42.5 Å². The molecule has 0 radical (unpaired) electrons. The molecule has 1 amide bonds. The minimum absolute atomic E-state index is 0.0181. The number of para-hydroxylation sites is 1. The van der Waals surface area contributed by atoms with Crippen molar-refractivity contribution in [1.82, 2.24) is 4.90 Å². The first-order chi connectivity index (χ1) is 11.7. The van der Waals surface area contributed by atoms with E-state index in [2.05, 4.69) is 0 Å². The quantitative estimate of drug-likeness (QED) is 0.803. The summed E-state index contributed by atoms with van der Waals surface area (Å²) in [4.78, 5) is 14.6. The van der Waals surface area contributed by atoms with Crippen LogP contribution in [-0.2, 0) is 6.61 Å². The van der Waals surface area contributed by atoms with Gasteiger partial charge in [-0.2, -0.15) is 0 Å². The molecule has 24 heavy (non-hydrogen) atoms. The number of rotatable bonds is 4. The summed E-state index contributed by atoms with van der Waals surface area (Å²) in [5.74, 6) is -0.000313. The van der Waals surface area contributed by atoms with Crippen LogP contribution >= 0.6 is 11.6 Å². The van der Waals surface area contributed by atoms with Crippen molar-refractivity contribution < 1.29 is 13.9 Å². The number of ether oxygens (including phenoxy) is 1. The third-order valence-electron chi connectivity index (χ3n) is 4.19. The fourth-order valence-electron chi connectivity index (χ4n) is 2.86. The van der Waals surface area contributed by atoms with Crippen molar-refractivity contribution in [1.29, 1.82) is 0 Å². The molecule has 0 spiro atoms. The van der Waals surface area contributed by atoms with E-state index in [1.54, 1.807) is 36.4 Å². The van der Waals surface area contributed by atoms with Gasteiger partial charge in [0.1, 0.15) is 18.2 Å². The minimum atomic E-state index is -0.415. The first kappa shape index (κ1) is 16.8. The summed E-state index contributed by atoms with van der Waals surface area (Å²) in [5, 5.41) is 0.315. The molecule has 0 N–H and O–H groups in total. The van der Waals surface area contributed by atoms with Crippen molar-refractivity contribution in [3.05, 3.63) is 64.4 Å². The molecule has 0 aliphatic carbocycles. The molecule has 2 aromatic carbocycles.